The number of hydrogen-bond acceptors (Lipinski definition) is 14. The second-order valence-electron chi connectivity index (χ2n) is 12.0. The molecule has 0 spiro atoms. The van der Waals surface area contributed by atoms with Gasteiger partial charge in [-0.05, 0) is 43.9 Å². The summed E-state index contributed by atoms with van der Waals surface area (Å²) in [5, 5.41) is 51.1. The molecule has 55 heavy (non-hydrogen) atoms. The van der Waals surface area contributed by atoms with Gasteiger partial charge in [0.2, 0.25) is 35.4 Å². The zero-order chi connectivity index (χ0) is 41.8. The van der Waals surface area contributed by atoms with Gasteiger partial charge in [-0.2, -0.15) is 25.3 Å². The second kappa shape index (κ2) is 24.2. The average molecular weight is 817 g/mol. The van der Waals surface area contributed by atoms with E-state index in [2.05, 4.69) is 56.8 Å². The van der Waals surface area contributed by atoms with Crippen LogP contribution >= 0.6 is 25.3 Å². The number of carbonyl (C=O) groups is 8. The standard InChI is InChI=1S/C31H48N10O12S2/c1-14(42)24(30(52)53)41-29(51)21(13-55)40-27(49)19(10-23(45)46)37-22(44)11-36-26(48)18(3-2-8-35-31(33)34)38-28(50)20(12-54)39-25(47)17(32)9-15-4-6-16(43)7-5-15/h4-7,14,17-21,24,42-43,54-55H,2-3,8-13,32H2,1H3,(H,36,48)(H,37,44)(H,38,50)(H,39,47)(H,40,49)(H,41,51)(H,45,46)(H,52,53)(H4,33,34,35)/t14-,17+,18+,19+,20+,21+,24+/m1/s1. The summed E-state index contributed by atoms with van der Waals surface area (Å²) in [6.45, 7) is 0.327. The first-order valence-corrected chi connectivity index (χ1v) is 17.8. The molecule has 0 saturated carbocycles. The number of aliphatic carboxylic acids is 2. The van der Waals surface area contributed by atoms with E-state index in [0.29, 0.717) is 5.56 Å². The Morgan fingerprint density at radius 2 is 1.29 bits per heavy atom. The Hall–Kier alpha value is -5.33. The monoisotopic (exact) mass is 816 g/mol. The number of aliphatic hydroxyl groups is 1. The summed E-state index contributed by atoms with van der Waals surface area (Å²) in [6, 6.07) is -2.77. The van der Waals surface area contributed by atoms with Crippen molar-refractivity contribution in [3.8, 4) is 5.75 Å². The molecule has 0 bridgehead atoms. The van der Waals surface area contributed by atoms with Crippen molar-refractivity contribution in [3.63, 3.8) is 0 Å². The predicted octanol–water partition coefficient (Wildman–Crippen LogP) is -5.34. The van der Waals surface area contributed by atoms with Gasteiger partial charge in [0, 0.05) is 18.1 Å². The van der Waals surface area contributed by atoms with Crippen LogP contribution in [0.1, 0.15) is 31.7 Å². The number of nitrogens with zero attached hydrogens (tertiary/aromatic N) is 1. The van der Waals surface area contributed by atoms with Crippen LogP contribution in [0.4, 0.5) is 0 Å². The van der Waals surface area contributed by atoms with E-state index in [9.17, 15) is 58.8 Å². The summed E-state index contributed by atoms with van der Waals surface area (Å²) < 4.78 is 0. The molecule has 1 aromatic rings. The van der Waals surface area contributed by atoms with Crippen molar-refractivity contribution in [1.82, 2.24) is 31.9 Å². The Morgan fingerprint density at radius 1 is 0.764 bits per heavy atom. The van der Waals surface area contributed by atoms with Crippen LogP contribution in [0.15, 0.2) is 29.3 Å². The van der Waals surface area contributed by atoms with E-state index in [1.807, 2.05) is 5.32 Å². The quantitative estimate of drug-likeness (QED) is 0.0200. The number of rotatable bonds is 24. The summed E-state index contributed by atoms with van der Waals surface area (Å²) in [4.78, 5) is 104. The van der Waals surface area contributed by atoms with Crippen molar-refractivity contribution < 1.29 is 58.8 Å². The number of nitrogens with one attached hydrogen (secondary N) is 6. The molecule has 16 N–H and O–H groups in total. The Kier molecular flexibility index (Phi) is 20.9. The topological polar surface area (TPSA) is 380 Å². The lowest BCUT2D eigenvalue weighted by atomic mass is 10.1. The molecule has 0 heterocycles. The number of aromatic hydroxyl groups is 1. The summed E-state index contributed by atoms with van der Waals surface area (Å²) in [5.74, 6) is -9.68. The highest BCUT2D eigenvalue weighted by Crippen LogP contribution is 2.11. The van der Waals surface area contributed by atoms with Crippen molar-refractivity contribution in [2.45, 2.75) is 75.0 Å². The van der Waals surface area contributed by atoms with E-state index in [-0.39, 0.29) is 43.3 Å². The molecule has 0 radical (unpaired) electrons. The molecule has 7 atom stereocenters. The maximum atomic E-state index is 13.2. The Morgan fingerprint density at radius 3 is 1.80 bits per heavy atom. The van der Waals surface area contributed by atoms with E-state index >= 15 is 0 Å². The number of thiol groups is 2. The molecule has 0 saturated heterocycles. The maximum absolute atomic E-state index is 13.2. The molecule has 0 fully saturated rings. The van der Waals surface area contributed by atoms with Gasteiger partial charge < -0.3 is 69.5 Å². The number of phenols is 1. The second-order valence-corrected chi connectivity index (χ2v) is 12.7. The number of aliphatic imine (C=N–C) groups is 1. The van der Waals surface area contributed by atoms with Gasteiger partial charge in [-0.1, -0.05) is 12.1 Å². The zero-order valence-corrected chi connectivity index (χ0v) is 31.4. The normalized spacial score (nSPS) is 14.6. The van der Waals surface area contributed by atoms with Gasteiger partial charge in [0.25, 0.3) is 0 Å². The number of nitrogens with two attached hydrogens (primary N) is 3. The molecule has 306 valence electrons. The van der Waals surface area contributed by atoms with Crippen molar-refractivity contribution in [1.29, 1.82) is 0 Å². The fourth-order valence-corrected chi connectivity index (χ4v) is 5.04. The van der Waals surface area contributed by atoms with Gasteiger partial charge >= 0.3 is 11.9 Å². The highest BCUT2D eigenvalue weighted by Gasteiger charge is 2.32. The minimum Gasteiger partial charge on any atom is -0.508 e. The molecule has 0 aromatic heterocycles. The van der Waals surface area contributed by atoms with Gasteiger partial charge in [0.15, 0.2) is 12.0 Å². The summed E-state index contributed by atoms with van der Waals surface area (Å²) in [7, 11) is 0. The van der Waals surface area contributed by atoms with Gasteiger partial charge in [-0.25, -0.2) is 4.79 Å². The van der Waals surface area contributed by atoms with E-state index in [1.54, 1.807) is 12.1 Å². The molecular formula is C31H48N10O12S2. The third kappa shape index (κ3) is 18.0. The Bertz CT molecular complexity index is 1550. The number of hydrogen-bond donors (Lipinski definition) is 15. The first-order valence-electron chi connectivity index (χ1n) is 16.5. The molecular weight excluding hydrogens is 769 g/mol. The lowest BCUT2D eigenvalue weighted by Crippen LogP contribution is -2.59. The van der Waals surface area contributed by atoms with Crippen LogP contribution in [0.25, 0.3) is 0 Å². The molecule has 1 rings (SSSR count). The van der Waals surface area contributed by atoms with Crippen LogP contribution in [-0.2, 0) is 44.8 Å². The van der Waals surface area contributed by atoms with Gasteiger partial charge in [-0.15, -0.1) is 0 Å². The van der Waals surface area contributed by atoms with Crippen LogP contribution in [0.3, 0.4) is 0 Å². The third-order valence-corrected chi connectivity index (χ3v) is 8.17. The Balaban J connectivity index is 2.99. The third-order valence-electron chi connectivity index (χ3n) is 7.44. The minimum atomic E-state index is -1.79. The summed E-state index contributed by atoms with van der Waals surface area (Å²) in [5.41, 5.74) is 17.3. The Labute approximate surface area is 326 Å². The fourth-order valence-electron chi connectivity index (χ4n) is 4.53. The number of carboxylic acids is 2. The summed E-state index contributed by atoms with van der Waals surface area (Å²) >= 11 is 8.07. The van der Waals surface area contributed by atoms with Crippen LogP contribution in [-0.4, -0.2) is 141 Å². The number of guanidine groups is 1. The lowest BCUT2D eigenvalue weighted by Gasteiger charge is -2.24. The van der Waals surface area contributed by atoms with Crippen LogP contribution in [0.5, 0.6) is 5.75 Å². The van der Waals surface area contributed by atoms with Gasteiger partial charge in [-0.3, -0.25) is 38.6 Å². The molecule has 24 heteroatoms. The van der Waals surface area contributed by atoms with Gasteiger partial charge in [0.05, 0.1) is 25.1 Å². The largest absolute Gasteiger partial charge is 0.508 e. The molecule has 0 aliphatic heterocycles. The fraction of sp³-hybridized carbons (Fsp3) is 0.516. The average Bonchev–Trinajstić information content (AvgIpc) is 3.11. The van der Waals surface area contributed by atoms with Crippen LogP contribution < -0.4 is 49.1 Å². The molecule has 22 nitrogen and oxygen atoms in total. The predicted molar refractivity (Wildman–Crippen MR) is 202 cm³/mol. The number of carbonyl (C=O) groups excluding carboxylic acids is 6. The van der Waals surface area contributed by atoms with Crippen molar-refractivity contribution >= 4 is 78.6 Å². The first-order chi connectivity index (χ1) is 25.8. The zero-order valence-electron chi connectivity index (χ0n) is 29.6. The van der Waals surface area contributed by atoms with Crippen molar-refractivity contribution in [2.75, 3.05) is 24.6 Å². The lowest BCUT2D eigenvalue weighted by molar-refractivity contribution is -0.145. The number of benzene rings is 1. The molecule has 0 unspecified atom stereocenters. The maximum Gasteiger partial charge on any atom is 0.328 e. The minimum absolute atomic E-state index is 0.0203. The van der Waals surface area contributed by atoms with Gasteiger partial charge in [0.1, 0.15) is 29.9 Å². The van der Waals surface area contributed by atoms with Crippen LogP contribution in [0, 0.1) is 0 Å². The number of phenolic OH excluding ortho intramolecular Hbond substituents is 1. The SMILES string of the molecule is C[C@@H](O)[C@H](NC(=O)[C@H](CS)NC(=O)[C@H](CC(=O)O)NC(=O)CNC(=O)[C@H](CCCN=C(N)N)NC(=O)[C@H](CS)NC(=O)[C@@H](N)Cc1ccc(O)cc1)C(=O)O. The van der Waals surface area contributed by atoms with Crippen molar-refractivity contribution in [3.05, 3.63) is 29.8 Å². The first kappa shape index (κ1) is 47.7. The van der Waals surface area contributed by atoms with Crippen LogP contribution in [0.2, 0.25) is 0 Å². The number of carboxylic acid groups (broad SMARTS) is 2. The number of amides is 6. The van der Waals surface area contributed by atoms with E-state index < -0.39 is 108 Å². The molecule has 1 aromatic carbocycles. The highest BCUT2D eigenvalue weighted by molar-refractivity contribution is 7.80. The van der Waals surface area contributed by atoms with E-state index in [0.717, 1.165) is 6.92 Å². The molecule has 0 aliphatic rings. The van der Waals surface area contributed by atoms with Crippen molar-refractivity contribution in [2.24, 2.45) is 22.2 Å². The van der Waals surface area contributed by atoms with E-state index in [1.165, 1.54) is 12.1 Å². The molecule has 0 aliphatic carbocycles. The smallest absolute Gasteiger partial charge is 0.328 e. The summed E-state index contributed by atoms with van der Waals surface area (Å²) in [6.07, 6.45) is -2.34. The molecule has 6 amide bonds. The van der Waals surface area contributed by atoms with E-state index in [4.69, 9.17) is 17.2 Å². The number of aliphatic hydroxyl groups excluding tert-OH is 1. The highest BCUT2D eigenvalue weighted by atomic mass is 32.1.